The topological polar surface area (TPSA) is 30.5 Å². The van der Waals surface area contributed by atoms with Gasteiger partial charge in [-0.1, -0.05) is 25.1 Å². The standard InChI is InChI=1S/C16H27NO2/c1-6-10-17-15(16(18-4)19-5)11-14-12(2)8-7-9-13(14)3/h7-9,15-17H,6,10-11H2,1-5H3. The van der Waals surface area contributed by atoms with Gasteiger partial charge in [0.15, 0.2) is 6.29 Å². The molecule has 108 valence electrons. The Labute approximate surface area is 117 Å². The minimum absolute atomic E-state index is 0.176. The molecular weight excluding hydrogens is 238 g/mol. The van der Waals surface area contributed by atoms with E-state index >= 15 is 0 Å². The largest absolute Gasteiger partial charge is 0.354 e. The molecule has 1 aromatic carbocycles. The van der Waals surface area contributed by atoms with Crippen LogP contribution < -0.4 is 5.32 Å². The van der Waals surface area contributed by atoms with Gasteiger partial charge in [-0.25, -0.2) is 0 Å². The minimum atomic E-state index is -0.217. The zero-order chi connectivity index (χ0) is 14.3. The fourth-order valence-corrected chi connectivity index (χ4v) is 2.41. The van der Waals surface area contributed by atoms with E-state index in [1.54, 1.807) is 14.2 Å². The first-order valence-electron chi connectivity index (χ1n) is 6.98. The van der Waals surface area contributed by atoms with Crippen LogP contribution in [0.1, 0.15) is 30.0 Å². The Balaban J connectivity index is 2.86. The lowest BCUT2D eigenvalue weighted by Gasteiger charge is -2.27. The van der Waals surface area contributed by atoms with E-state index in [-0.39, 0.29) is 12.3 Å². The summed E-state index contributed by atoms with van der Waals surface area (Å²) in [4.78, 5) is 0. The summed E-state index contributed by atoms with van der Waals surface area (Å²) in [5.41, 5.74) is 4.04. The average Bonchev–Trinajstić information content (AvgIpc) is 2.40. The lowest BCUT2D eigenvalue weighted by Crippen LogP contribution is -2.44. The van der Waals surface area contributed by atoms with E-state index < -0.39 is 0 Å². The highest BCUT2D eigenvalue weighted by Gasteiger charge is 2.21. The highest BCUT2D eigenvalue weighted by Crippen LogP contribution is 2.17. The number of ether oxygens (including phenoxy) is 2. The Morgan fingerprint density at radius 2 is 1.68 bits per heavy atom. The molecule has 0 bridgehead atoms. The van der Waals surface area contributed by atoms with Crippen molar-refractivity contribution in [2.45, 2.75) is 45.9 Å². The molecule has 0 aromatic heterocycles. The molecule has 1 unspecified atom stereocenters. The molecule has 0 amide bonds. The van der Waals surface area contributed by atoms with E-state index in [4.69, 9.17) is 9.47 Å². The van der Waals surface area contributed by atoms with Gasteiger partial charge in [0.05, 0.1) is 6.04 Å². The smallest absolute Gasteiger partial charge is 0.172 e. The van der Waals surface area contributed by atoms with Gasteiger partial charge in [-0.3, -0.25) is 0 Å². The van der Waals surface area contributed by atoms with Crippen molar-refractivity contribution >= 4 is 0 Å². The zero-order valence-corrected chi connectivity index (χ0v) is 12.8. The molecule has 1 atom stereocenters. The predicted molar refractivity (Wildman–Crippen MR) is 79.5 cm³/mol. The van der Waals surface area contributed by atoms with E-state index in [9.17, 15) is 0 Å². The Kier molecular flexibility index (Phi) is 7.06. The van der Waals surface area contributed by atoms with Crippen molar-refractivity contribution < 1.29 is 9.47 Å². The van der Waals surface area contributed by atoms with Crippen molar-refractivity contribution in [3.05, 3.63) is 34.9 Å². The SMILES string of the molecule is CCCNC(Cc1c(C)cccc1C)C(OC)OC. The maximum absolute atomic E-state index is 5.43. The number of hydrogen-bond acceptors (Lipinski definition) is 3. The Hall–Kier alpha value is -0.900. The fourth-order valence-electron chi connectivity index (χ4n) is 2.41. The number of methoxy groups -OCH3 is 2. The third kappa shape index (κ3) is 4.60. The van der Waals surface area contributed by atoms with Gasteiger partial charge in [-0.2, -0.15) is 0 Å². The third-order valence-corrected chi connectivity index (χ3v) is 3.52. The molecule has 19 heavy (non-hydrogen) atoms. The highest BCUT2D eigenvalue weighted by molar-refractivity contribution is 5.34. The van der Waals surface area contributed by atoms with Crippen LogP contribution in [0.5, 0.6) is 0 Å². The fraction of sp³-hybridized carbons (Fsp3) is 0.625. The van der Waals surface area contributed by atoms with Gasteiger partial charge in [0.1, 0.15) is 0 Å². The van der Waals surface area contributed by atoms with E-state index in [0.29, 0.717) is 0 Å². The molecular formula is C16H27NO2. The van der Waals surface area contributed by atoms with Gasteiger partial charge in [0, 0.05) is 14.2 Å². The van der Waals surface area contributed by atoms with Gasteiger partial charge in [-0.05, 0) is 49.9 Å². The molecule has 0 radical (unpaired) electrons. The summed E-state index contributed by atoms with van der Waals surface area (Å²) in [5, 5.41) is 3.52. The molecule has 0 saturated carbocycles. The third-order valence-electron chi connectivity index (χ3n) is 3.52. The lowest BCUT2D eigenvalue weighted by atomic mass is 9.96. The Bertz CT molecular complexity index is 355. The van der Waals surface area contributed by atoms with Crippen molar-refractivity contribution in [1.29, 1.82) is 0 Å². The molecule has 0 heterocycles. The van der Waals surface area contributed by atoms with Gasteiger partial charge >= 0.3 is 0 Å². The second kappa shape index (κ2) is 8.31. The van der Waals surface area contributed by atoms with Crippen LogP contribution in [0.4, 0.5) is 0 Å². The molecule has 3 heteroatoms. The summed E-state index contributed by atoms with van der Waals surface area (Å²) in [5.74, 6) is 0. The van der Waals surface area contributed by atoms with E-state index in [1.807, 2.05) is 0 Å². The molecule has 1 aromatic rings. The number of benzene rings is 1. The van der Waals surface area contributed by atoms with Crippen LogP contribution in [-0.2, 0) is 15.9 Å². The maximum atomic E-state index is 5.43. The van der Waals surface area contributed by atoms with Crippen molar-refractivity contribution in [2.75, 3.05) is 20.8 Å². The van der Waals surface area contributed by atoms with Crippen LogP contribution in [0.3, 0.4) is 0 Å². The molecule has 0 spiro atoms. The van der Waals surface area contributed by atoms with E-state index in [2.05, 4.69) is 44.3 Å². The normalized spacial score (nSPS) is 12.9. The summed E-state index contributed by atoms with van der Waals surface area (Å²) in [6.07, 6.45) is 1.81. The van der Waals surface area contributed by atoms with Crippen molar-refractivity contribution in [1.82, 2.24) is 5.32 Å². The Morgan fingerprint density at radius 3 is 2.16 bits per heavy atom. The molecule has 0 fully saturated rings. The summed E-state index contributed by atoms with van der Waals surface area (Å²) in [6.45, 7) is 7.46. The first-order chi connectivity index (χ1) is 9.13. The summed E-state index contributed by atoms with van der Waals surface area (Å²) < 4.78 is 10.9. The van der Waals surface area contributed by atoms with Gasteiger partial charge in [0.2, 0.25) is 0 Å². The van der Waals surface area contributed by atoms with Gasteiger partial charge < -0.3 is 14.8 Å². The first-order valence-corrected chi connectivity index (χ1v) is 6.98. The molecule has 3 nitrogen and oxygen atoms in total. The average molecular weight is 265 g/mol. The number of nitrogens with one attached hydrogen (secondary N) is 1. The predicted octanol–water partition coefficient (Wildman–Crippen LogP) is 2.83. The highest BCUT2D eigenvalue weighted by atomic mass is 16.7. The van der Waals surface area contributed by atoms with E-state index in [0.717, 1.165) is 19.4 Å². The second-order valence-corrected chi connectivity index (χ2v) is 4.97. The van der Waals surface area contributed by atoms with Crippen LogP contribution in [0.25, 0.3) is 0 Å². The van der Waals surface area contributed by atoms with Crippen LogP contribution in [-0.4, -0.2) is 33.1 Å². The minimum Gasteiger partial charge on any atom is -0.354 e. The van der Waals surface area contributed by atoms with E-state index in [1.165, 1.54) is 16.7 Å². The van der Waals surface area contributed by atoms with Gasteiger partial charge in [-0.15, -0.1) is 0 Å². The lowest BCUT2D eigenvalue weighted by molar-refractivity contribution is -0.122. The van der Waals surface area contributed by atoms with Crippen molar-refractivity contribution in [3.63, 3.8) is 0 Å². The van der Waals surface area contributed by atoms with Crippen LogP contribution >= 0.6 is 0 Å². The van der Waals surface area contributed by atoms with Crippen LogP contribution in [0.15, 0.2) is 18.2 Å². The molecule has 0 aliphatic rings. The number of rotatable bonds is 8. The molecule has 1 N–H and O–H groups in total. The Morgan fingerprint density at radius 1 is 1.11 bits per heavy atom. The maximum Gasteiger partial charge on any atom is 0.172 e. The van der Waals surface area contributed by atoms with Gasteiger partial charge in [0.25, 0.3) is 0 Å². The molecule has 0 saturated heterocycles. The summed E-state index contributed by atoms with van der Waals surface area (Å²) in [7, 11) is 3.39. The van der Waals surface area contributed by atoms with Crippen molar-refractivity contribution in [3.8, 4) is 0 Å². The molecule has 0 aliphatic carbocycles. The van der Waals surface area contributed by atoms with Crippen LogP contribution in [0, 0.1) is 13.8 Å². The summed E-state index contributed by atoms with van der Waals surface area (Å²) >= 11 is 0. The van der Waals surface area contributed by atoms with Crippen molar-refractivity contribution in [2.24, 2.45) is 0 Å². The monoisotopic (exact) mass is 265 g/mol. The first kappa shape index (κ1) is 16.2. The summed E-state index contributed by atoms with van der Waals surface area (Å²) in [6, 6.07) is 6.60. The zero-order valence-electron chi connectivity index (χ0n) is 12.8. The van der Waals surface area contributed by atoms with Crippen LogP contribution in [0.2, 0.25) is 0 Å². The molecule has 1 rings (SSSR count). The quantitative estimate of drug-likeness (QED) is 0.733. The molecule has 0 aliphatic heterocycles. The number of hydrogen-bond donors (Lipinski definition) is 1. The number of aryl methyl sites for hydroxylation is 2. The second-order valence-electron chi connectivity index (χ2n) is 4.97.